The van der Waals surface area contributed by atoms with E-state index in [1.165, 1.54) is 21.9 Å². The molecule has 3 rings (SSSR count). The number of rotatable bonds is 5. The van der Waals surface area contributed by atoms with Crippen LogP contribution in [0.1, 0.15) is 25.8 Å². The molecular formula is C17H21N3O3S2. The van der Waals surface area contributed by atoms with Crippen LogP contribution in [0.3, 0.4) is 0 Å². The Hall–Kier alpha value is -1.93. The van der Waals surface area contributed by atoms with Crippen molar-refractivity contribution < 1.29 is 13.2 Å². The first-order valence-corrected chi connectivity index (χ1v) is 10.8. The Morgan fingerprint density at radius 1 is 1.40 bits per heavy atom. The Balaban J connectivity index is 1.79. The minimum Gasteiger partial charge on any atom is -0.302 e. The fraction of sp³-hybridized carbons (Fsp3) is 0.412. The van der Waals surface area contributed by atoms with Crippen molar-refractivity contribution in [3.63, 3.8) is 0 Å². The van der Waals surface area contributed by atoms with Gasteiger partial charge < -0.3 is 5.32 Å². The Kier molecular flexibility index (Phi) is 4.83. The number of benzene rings is 1. The fourth-order valence-electron chi connectivity index (χ4n) is 2.88. The number of carbonyl (C=O) groups is 1. The first-order chi connectivity index (χ1) is 11.7. The fourth-order valence-corrected chi connectivity index (χ4v) is 4.57. The van der Waals surface area contributed by atoms with Crippen LogP contribution in [0.4, 0.5) is 10.8 Å². The number of hydrogen-bond donors (Lipinski definition) is 1. The molecule has 0 aliphatic carbocycles. The third-order valence-electron chi connectivity index (χ3n) is 3.97. The lowest BCUT2D eigenvalue weighted by molar-refractivity contribution is -0.116. The normalized spacial score (nSPS) is 14.0. The second-order valence-corrected chi connectivity index (χ2v) is 9.38. The molecule has 0 fully saturated rings. The van der Waals surface area contributed by atoms with Crippen LogP contribution in [-0.4, -0.2) is 32.1 Å². The molecule has 0 atom stereocenters. The first-order valence-electron chi connectivity index (χ1n) is 8.10. The number of carbonyl (C=O) groups excluding carboxylic acids is 1. The molecule has 0 bridgehead atoms. The zero-order valence-corrected chi connectivity index (χ0v) is 16.1. The Bertz CT molecular complexity index is 904. The Labute approximate surface area is 151 Å². The van der Waals surface area contributed by atoms with E-state index in [9.17, 15) is 13.2 Å². The lowest BCUT2D eigenvalue weighted by atomic mass is 10.1. The Morgan fingerprint density at radius 3 is 2.84 bits per heavy atom. The predicted molar refractivity (Wildman–Crippen MR) is 102 cm³/mol. The van der Waals surface area contributed by atoms with E-state index in [2.05, 4.69) is 10.3 Å². The quantitative estimate of drug-likeness (QED) is 0.866. The molecule has 0 radical (unpaired) electrons. The smallest absolute Gasteiger partial charge is 0.232 e. The number of fused-ring (bicyclic) bond motifs is 1. The summed E-state index contributed by atoms with van der Waals surface area (Å²) >= 11 is 1.39. The van der Waals surface area contributed by atoms with Crippen LogP contribution >= 0.6 is 11.3 Å². The molecule has 1 aromatic heterocycles. The topological polar surface area (TPSA) is 79.4 Å². The van der Waals surface area contributed by atoms with E-state index >= 15 is 0 Å². The summed E-state index contributed by atoms with van der Waals surface area (Å²) in [5.41, 5.74) is 3.45. The molecule has 1 aliphatic rings. The molecule has 8 heteroatoms. The third-order valence-corrected chi connectivity index (χ3v) is 5.91. The van der Waals surface area contributed by atoms with E-state index in [1.54, 1.807) is 0 Å². The van der Waals surface area contributed by atoms with Gasteiger partial charge in [0.1, 0.15) is 0 Å². The van der Waals surface area contributed by atoms with E-state index in [-0.39, 0.29) is 5.91 Å². The average Bonchev–Trinajstić information content (AvgIpc) is 3.11. The first kappa shape index (κ1) is 17.9. The Morgan fingerprint density at radius 2 is 2.16 bits per heavy atom. The van der Waals surface area contributed by atoms with Crippen molar-refractivity contribution in [3.8, 4) is 11.3 Å². The van der Waals surface area contributed by atoms with E-state index in [0.717, 1.165) is 22.5 Å². The number of sulfonamides is 1. The van der Waals surface area contributed by atoms with Gasteiger partial charge in [-0.3, -0.25) is 9.10 Å². The van der Waals surface area contributed by atoms with Gasteiger partial charge in [0.15, 0.2) is 5.13 Å². The molecule has 6 nitrogen and oxygen atoms in total. The molecule has 2 aromatic rings. The molecule has 1 amide bonds. The number of nitrogens with zero attached hydrogens (tertiary/aromatic N) is 2. The number of aromatic nitrogens is 1. The molecule has 0 unspecified atom stereocenters. The summed E-state index contributed by atoms with van der Waals surface area (Å²) in [6.45, 7) is 4.47. The number of hydrogen-bond acceptors (Lipinski definition) is 5. The zero-order chi connectivity index (χ0) is 18.2. The highest BCUT2D eigenvalue weighted by Crippen LogP contribution is 2.34. The number of thiazole rings is 1. The van der Waals surface area contributed by atoms with Crippen molar-refractivity contribution in [3.05, 3.63) is 29.1 Å². The second kappa shape index (κ2) is 6.76. The van der Waals surface area contributed by atoms with Gasteiger partial charge in [-0.05, 0) is 30.0 Å². The van der Waals surface area contributed by atoms with E-state index in [4.69, 9.17) is 0 Å². The van der Waals surface area contributed by atoms with Crippen LogP contribution in [0.5, 0.6) is 0 Å². The lowest BCUT2D eigenvalue weighted by Gasteiger charge is -2.16. The van der Waals surface area contributed by atoms with Crippen LogP contribution in [0.25, 0.3) is 11.3 Å². The maximum Gasteiger partial charge on any atom is 0.232 e. The summed E-state index contributed by atoms with van der Waals surface area (Å²) in [7, 11) is -3.24. The second-order valence-electron chi connectivity index (χ2n) is 6.61. The lowest BCUT2D eigenvalue weighted by Crippen LogP contribution is -2.27. The van der Waals surface area contributed by atoms with Crippen molar-refractivity contribution in [2.45, 2.75) is 26.7 Å². The molecule has 0 spiro atoms. The van der Waals surface area contributed by atoms with Gasteiger partial charge in [0.05, 0.1) is 17.6 Å². The van der Waals surface area contributed by atoms with Crippen molar-refractivity contribution in [2.24, 2.45) is 5.92 Å². The van der Waals surface area contributed by atoms with Crippen molar-refractivity contribution in [2.75, 3.05) is 22.4 Å². The standard InChI is InChI=1S/C17H21N3O3S2/c1-11(2)8-16(21)19-17-18-14(10-24-17)12-4-5-15-13(9-12)6-7-20(15)25(3,22)23/h4-5,9-11H,6-8H2,1-3H3,(H,18,19,21). The molecule has 0 saturated heterocycles. The summed E-state index contributed by atoms with van der Waals surface area (Å²) in [6.07, 6.45) is 2.38. The summed E-state index contributed by atoms with van der Waals surface area (Å²) in [4.78, 5) is 16.3. The molecule has 2 heterocycles. The monoisotopic (exact) mass is 379 g/mol. The highest BCUT2D eigenvalue weighted by molar-refractivity contribution is 7.92. The van der Waals surface area contributed by atoms with Crippen LogP contribution < -0.4 is 9.62 Å². The van der Waals surface area contributed by atoms with Crippen molar-refractivity contribution in [1.82, 2.24) is 4.98 Å². The van der Waals surface area contributed by atoms with Crippen molar-refractivity contribution >= 4 is 38.1 Å². The highest BCUT2D eigenvalue weighted by Gasteiger charge is 2.26. The van der Waals surface area contributed by atoms with Gasteiger partial charge in [0.25, 0.3) is 0 Å². The van der Waals surface area contributed by atoms with E-state index < -0.39 is 10.0 Å². The third kappa shape index (κ3) is 4.01. The van der Waals surface area contributed by atoms with E-state index in [0.29, 0.717) is 30.4 Å². The number of nitrogens with one attached hydrogen (secondary N) is 1. The van der Waals surface area contributed by atoms with Crippen LogP contribution in [0.15, 0.2) is 23.6 Å². The van der Waals surface area contributed by atoms with Gasteiger partial charge >= 0.3 is 0 Å². The number of anilines is 2. The maximum atomic E-state index is 11.8. The van der Waals surface area contributed by atoms with Gasteiger partial charge in [-0.15, -0.1) is 11.3 Å². The molecule has 25 heavy (non-hydrogen) atoms. The minimum absolute atomic E-state index is 0.0337. The summed E-state index contributed by atoms with van der Waals surface area (Å²) < 4.78 is 25.1. The van der Waals surface area contributed by atoms with Gasteiger partial charge in [-0.2, -0.15) is 0 Å². The maximum absolute atomic E-state index is 11.8. The van der Waals surface area contributed by atoms with Gasteiger partial charge in [0, 0.05) is 23.9 Å². The van der Waals surface area contributed by atoms with Gasteiger partial charge in [-0.1, -0.05) is 19.9 Å². The molecule has 1 aromatic carbocycles. The van der Waals surface area contributed by atoms with Crippen molar-refractivity contribution in [1.29, 1.82) is 0 Å². The van der Waals surface area contributed by atoms with E-state index in [1.807, 2.05) is 37.4 Å². The van der Waals surface area contributed by atoms with Crippen LogP contribution in [0, 0.1) is 5.92 Å². The minimum atomic E-state index is -3.24. The van der Waals surface area contributed by atoms with Gasteiger partial charge in [-0.25, -0.2) is 13.4 Å². The molecular weight excluding hydrogens is 358 g/mol. The summed E-state index contributed by atoms with van der Waals surface area (Å²) in [5.74, 6) is 0.266. The molecule has 1 aliphatic heterocycles. The highest BCUT2D eigenvalue weighted by atomic mass is 32.2. The van der Waals surface area contributed by atoms with Crippen LogP contribution in [-0.2, 0) is 21.2 Å². The molecule has 1 N–H and O–H groups in total. The average molecular weight is 380 g/mol. The largest absolute Gasteiger partial charge is 0.302 e. The molecule has 134 valence electrons. The number of amides is 1. The SMILES string of the molecule is CC(C)CC(=O)Nc1nc(-c2ccc3c(c2)CCN3S(C)(=O)=O)cs1. The zero-order valence-electron chi connectivity index (χ0n) is 14.4. The predicted octanol–water partition coefficient (Wildman–Crippen LogP) is 3.12. The van der Waals surface area contributed by atoms with Crippen LogP contribution in [0.2, 0.25) is 0 Å². The summed E-state index contributed by atoms with van der Waals surface area (Å²) in [5, 5.41) is 5.30. The molecule has 0 saturated carbocycles. The van der Waals surface area contributed by atoms with Gasteiger partial charge in [0.2, 0.25) is 15.9 Å². The summed E-state index contributed by atoms with van der Waals surface area (Å²) in [6, 6.07) is 5.68.